The lowest BCUT2D eigenvalue weighted by Gasteiger charge is -2.20. The molecule has 0 aliphatic carbocycles. The quantitative estimate of drug-likeness (QED) is 0.659. The van der Waals surface area contributed by atoms with Gasteiger partial charge in [0.1, 0.15) is 17.7 Å². The van der Waals surface area contributed by atoms with E-state index in [0.29, 0.717) is 34.7 Å². The fraction of sp³-hybridized carbons (Fsp3) is 0.250. The molecule has 0 spiro atoms. The molecule has 1 saturated heterocycles. The topological polar surface area (TPSA) is 102 Å². The molecule has 162 valence electrons. The first-order chi connectivity index (χ1) is 15.4. The van der Waals surface area contributed by atoms with Crippen molar-refractivity contribution in [1.82, 2.24) is 15.3 Å². The van der Waals surface area contributed by atoms with Crippen LogP contribution >= 0.6 is 0 Å². The summed E-state index contributed by atoms with van der Waals surface area (Å²) in [7, 11) is 0. The number of nitrogens with one attached hydrogen (secondary N) is 1. The smallest absolute Gasteiger partial charge is 0.253 e. The Labute approximate surface area is 185 Å². The van der Waals surface area contributed by atoms with Crippen LogP contribution < -0.4 is 10.2 Å². The summed E-state index contributed by atoms with van der Waals surface area (Å²) in [5, 5.41) is 22.9. The normalized spacial score (nSPS) is 17.8. The van der Waals surface area contributed by atoms with Crippen molar-refractivity contribution in [2.75, 3.05) is 18.0 Å². The summed E-state index contributed by atoms with van der Waals surface area (Å²) in [6.07, 6.45) is 0.612. The number of amides is 1. The minimum atomic E-state index is -0.812. The Bertz CT molecular complexity index is 1210. The van der Waals surface area contributed by atoms with Crippen LogP contribution in [0.3, 0.4) is 0 Å². The van der Waals surface area contributed by atoms with E-state index in [-0.39, 0.29) is 18.3 Å². The van der Waals surface area contributed by atoms with Gasteiger partial charge in [-0.3, -0.25) is 9.78 Å². The monoisotopic (exact) mass is 431 g/mol. The predicted octanol–water partition coefficient (Wildman–Crippen LogP) is 2.75. The highest BCUT2D eigenvalue weighted by atomic mass is 19.1. The maximum atomic E-state index is 13.4. The third kappa shape index (κ3) is 4.29. The van der Waals surface area contributed by atoms with Gasteiger partial charge in [0.05, 0.1) is 29.0 Å². The third-order valence-corrected chi connectivity index (χ3v) is 5.49. The van der Waals surface area contributed by atoms with Crippen LogP contribution in [0.5, 0.6) is 0 Å². The lowest BCUT2D eigenvalue weighted by Crippen LogP contribution is -2.42. The summed E-state index contributed by atoms with van der Waals surface area (Å²) in [5.74, 6) is -0.214. The second-order valence-corrected chi connectivity index (χ2v) is 7.89. The number of halogens is 1. The summed E-state index contributed by atoms with van der Waals surface area (Å²) in [6, 6.07) is 12.8. The van der Waals surface area contributed by atoms with Gasteiger partial charge >= 0.3 is 0 Å². The Morgan fingerprint density at radius 3 is 2.75 bits per heavy atom. The van der Waals surface area contributed by atoms with Gasteiger partial charge in [-0.1, -0.05) is 12.1 Å². The molecule has 4 rings (SSSR count). The molecule has 0 radical (unpaired) electrons. The van der Waals surface area contributed by atoms with E-state index in [4.69, 9.17) is 0 Å². The van der Waals surface area contributed by atoms with Crippen molar-refractivity contribution in [2.24, 2.45) is 0 Å². The van der Waals surface area contributed by atoms with Gasteiger partial charge in [-0.2, -0.15) is 5.26 Å². The number of hydrogen-bond donors (Lipinski definition) is 2. The van der Waals surface area contributed by atoms with Crippen LogP contribution in [-0.2, 0) is 0 Å². The van der Waals surface area contributed by atoms with Gasteiger partial charge in [-0.15, -0.1) is 0 Å². The number of aliphatic hydroxyl groups excluding tert-OH is 1. The number of rotatable bonds is 4. The van der Waals surface area contributed by atoms with Crippen LogP contribution in [0.25, 0.3) is 11.3 Å². The van der Waals surface area contributed by atoms with E-state index in [1.807, 2.05) is 24.8 Å². The van der Waals surface area contributed by atoms with Gasteiger partial charge in [0, 0.05) is 30.5 Å². The number of benzene rings is 1. The highest BCUT2D eigenvalue weighted by Crippen LogP contribution is 2.26. The van der Waals surface area contributed by atoms with Gasteiger partial charge in [0.15, 0.2) is 0 Å². The summed E-state index contributed by atoms with van der Waals surface area (Å²) in [4.78, 5) is 23.3. The Kier molecular flexibility index (Phi) is 5.84. The summed E-state index contributed by atoms with van der Waals surface area (Å²) in [5.41, 5.74) is 3.57. The standard InChI is InChI=1S/C24H22FN5O2/c1-14-8-15(2)28-23(19(14)10-26)30-12-21(22(31)13-30)29-24(32)17-6-7-20(27-11-17)16-4-3-5-18(25)9-16/h3-9,11,21-22,31H,12-13H2,1-2H3,(H,29,32)/t21-,22-/m0/s1. The Balaban J connectivity index is 1.47. The van der Waals surface area contributed by atoms with E-state index in [9.17, 15) is 19.6 Å². The molecule has 1 aliphatic heterocycles. The molecule has 3 heterocycles. The van der Waals surface area contributed by atoms with Gasteiger partial charge in [0.25, 0.3) is 5.91 Å². The summed E-state index contributed by atoms with van der Waals surface area (Å²) < 4.78 is 13.4. The fourth-order valence-electron chi connectivity index (χ4n) is 3.88. The maximum absolute atomic E-state index is 13.4. The molecule has 1 fully saturated rings. The number of aryl methyl sites for hydroxylation is 2. The molecule has 3 aromatic rings. The lowest BCUT2D eigenvalue weighted by atomic mass is 10.1. The Morgan fingerprint density at radius 1 is 1.25 bits per heavy atom. The van der Waals surface area contributed by atoms with Gasteiger partial charge in [-0.05, 0) is 49.7 Å². The first-order valence-corrected chi connectivity index (χ1v) is 10.2. The average Bonchev–Trinajstić information content (AvgIpc) is 3.13. The first kappa shape index (κ1) is 21.4. The van der Waals surface area contributed by atoms with Gasteiger partial charge in [0.2, 0.25) is 0 Å². The van der Waals surface area contributed by atoms with Gasteiger partial charge in [-0.25, -0.2) is 9.37 Å². The molecule has 1 aliphatic rings. The molecule has 2 aromatic heterocycles. The van der Waals surface area contributed by atoms with E-state index in [0.717, 1.165) is 11.3 Å². The number of β-amino-alcohol motifs (C(OH)–C–C–N with tert-alkyl or cyclic N) is 1. The largest absolute Gasteiger partial charge is 0.389 e. The molecule has 32 heavy (non-hydrogen) atoms. The van der Waals surface area contributed by atoms with E-state index in [1.54, 1.807) is 24.3 Å². The van der Waals surface area contributed by atoms with E-state index >= 15 is 0 Å². The molecule has 2 atom stereocenters. The fourth-order valence-corrected chi connectivity index (χ4v) is 3.88. The first-order valence-electron chi connectivity index (χ1n) is 10.2. The molecular weight excluding hydrogens is 409 g/mol. The van der Waals surface area contributed by atoms with Crippen molar-refractivity contribution in [3.05, 3.63) is 76.9 Å². The Morgan fingerprint density at radius 2 is 2.06 bits per heavy atom. The van der Waals surface area contributed by atoms with E-state index < -0.39 is 12.1 Å². The highest BCUT2D eigenvalue weighted by molar-refractivity contribution is 5.94. The van der Waals surface area contributed by atoms with Crippen LogP contribution in [0.1, 0.15) is 27.2 Å². The molecule has 7 nitrogen and oxygen atoms in total. The number of aliphatic hydroxyl groups is 1. The zero-order valence-corrected chi connectivity index (χ0v) is 17.7. The van der Waals surface area contributed by atoms with Gasteiger partial charge < -0.3 is 15.3 Å². The minimum Gasteiger partial charge on any atom is -0.389 e. The van der Waals surface area contributed by atoms with Crippen LogP contribution in [0.15, 0.2) is 48.7 Å². The van der Waals surface area contributed by atoms with Crippen molar-refractivity contribution in [2.45, 2.75) is 26.0 Å². The number of carbonyl (C=O) groups is 1. The lowest BCUT2D eigenvalue weighted by molar-refractivity contribution is 0.0888. The zero-order chi connectivity index (χ0) is 22.8. The third-order valence-electron chi connectivity index (χ3n) is 5.49. The van der Waals surface area contributed by atoms with E-state index in [1.165, 1.54) is 18.3 Å². The molecule has 0 bridgehead atoms. The average molecular weight is 431 g/mol. The van der Waals surface area contributed by atoms with Crippen LogP contribution in [0.4, 0.5) is 10.2 Å². The zero-order valence-electron chi connectivity index (χ0n) is 17.7. The molecular formula is C24H22FN5O2. The number of aromatic nitrogens is 2. The number of nitriles is 1. The summed E-state index contributed by atoms with van der Waals surface area (Å²) in [6.45, 7) is 4.28. The van der Waals surface area contributed by atoms with Crippen LogP contribution in [-0.4, -0.2) is 46.2 Å². The van der Waals surface area contributed by atoms with Crippen molar-refractivity contribution in [3.63, 3.8) is 0 Å². The van der Waals surface area contributed by atoms with Crippen LogP contribution in [0.2, 0.25) is 0 Å². The number of hydrogen-bond acceptors (Lipinski definition) is 6. The SMILES string of the molecule is Cc1cc(C)c(C#N)c(N2C[C@H](NC(=O)c3ccc(-c4cccc(F)c4)nc3)[C@@H](O)C2)n1. The maximum Gasteiger partial charge on any atom is 0.253 e. The molecule has 0 saturated carbocycles. The number of nitrogens with zero attached hydrogens (tertiary/aromatic N) is 4. The second-order valence-electron chi connectivity index (χ2n) is 7.89. The minimum absolute atomic E-state index is 0.256. The number of pyridine rings is 2. The van der Waals surface area contributed by atoms with Crippen molar-refractivity contribution >= 4 is 11.7 Å². The molecule has 1 aromatic carbocycles. The van der Waals surface area contributed by atoms with Crippen molar-refractivity contribution < 1.29 is 14.3 Å². The molecule has 8 heteroatoms. The molecule has 2 N–H and O–H groups in total. The molecule has 0 unspecified atom stereocenters. The number of carbonyl (C=O) groups excluding carboxylic acids is 1. The predicted molar refractivity (Wildman–Crippen MR) is 118 cm³/mol. The number of anilines is 1. The Hall–Kier alpha value is -3.83. The van der Waals surface area contributed by atoms with E-state index in [2.05, 4.69) is 21.4 Å². The van der Waals surface area contributed by atoms with Crippen molar-refractivity contribution in [3.8, 4) is 17.3 Å². The second kappa shape index (κ2) is 8.73. The summed E-state index contributed by atoms with van der Waals surface area (Å²) >= 11 is 0. The highest BCUT2D eigenvalue weighted by Gasteiger charge is 2.34. The van der Waals surface area contributed by atoms with Crippen LogP contribution in [0, 0.1) is 31.0 Å². The molecule has 1 amide bonds. The van der Waals surface area contributed by atoms with Crippen molar-refractivity contribution in [1.29, 1.82) is 5.26 Å².